The molecule has 0 spiro atoms. The third-order valence-corrected chi connectivity index (χ3v) is 4.60. The molecular formula is C20H21N5O2. The predicted octanol–water partition coefficient (Wildman–Crippen LogP) is 3.31. The molecule has 0 bridgehead atoms. The van der Waals surface area contributed by atoms with Crippen molar-refractivity contribution in [2.45, 2.75) is 12.8 Å². The van der Waals surface area contributed by atoms with E-state index < -0.39 is 0 Å². The van der Waals surface area contributed by atoms with E-state index in [1.54, 1.807) is 6.07 Å². The highest BCUT2D eigenvalue weighted by Crippen LogP contribution is 2.26. The van der Waals surface area contributed by atoms with Crippen molar-refractivity contribution in [3.63, 3.8) is 0 Å². The maximum Gasteiger partial charge on any atom is 0.319 e. The zero-order valence-corrected chi connectivity index (χ0v) is 14.9. The molecule has 138 valence electrons. The summed E-state index contributed by atoms with van der Waals surface area (Å²) in [5, 5.41) is 13.3. The average Bonchev–Trinajstić information content (AvgIpc) is 3.23. The second kappa shape index (κ2) is 7.90. The summed E-state index contributed by atoms with van der Waals surface area (Å²) in [6, 6.07) is 15.5. The Morgan fingerprint density at radius 2 is 2.11 bits per heavy atom. The SMILES string of the molecule is O=C(NCCN1CCCc2ccccc21)Nc1cccc(-c2nnco2)c1. The summed E-state index contributed by atoms with van der Waals surface area (Å²) in [5.41, 5.74) is 4.09. The number of amides is 2. The van der Waals surface area contributed by atoms with Crippen LogP contribution in [0.2, 0.25) is 0 Å². The van der Waals surface area contributed by atoms with Gasteiger partial charge in [-0.3, -0.25) is 0 Å². The fourth-order valence-electron chi connectivity index (χ4n) is 3.35. The number of carbonyl (C=O) groups excluding carboxylic acids is 1. The van der Waals surface area contributed by atoms with Crippen molar-refractivity contribution < 1.29 is 9.21 Å². The molecule has 3 aromatic rings. The van der Waals surface area contributed by atoms with Gasteiger partial charge < -0.3 is 20.0 Å². The first-order valence-corrected chi connectivity index (χ1v) is 9.04. The fourth-order valence-corrected chi connectivity index (χ4v) is 3.35. The topological polar surface area (TPSA) is 83.3 Å². The summed E-state index contributed by atoms with van der Waals surface area (Å²) in [7, 11) is 0. The van der Waals surface area contributed by atoms with Gasteiger partial charge >= 0.3 is 6.03 Å². The summed E-state index contributed by atoms with van der Waals surface area (Å²) in [6.45, 7) is 2.38. The van der Waals surface area contributed by atoms with Gasteiger partial charge in [-0.25, -0.2) is 4.79 Å². The lowest BCUT2D eigenvalue weighted by Gasteiger charge is -2.31. The van der Waals surface area contributed by atoms with E-state index in [0.717, 1.165) is 31.5 Å². The molecule has 0 saturated carbocycles. The van der Waals surface area contributed by atoms with Crippen LogP contribution in [0.3, 0.4) is 0 Å². The van der Waals surface area contributed by atoms with E-state index in [-0.39, 0.29) is 6.03 Å². The minimum atomic E-state index is -0.233. The second-order valence-corrected chi connectivity index (χ2v) is 6.42. The normalized spacial score (nSPS) is 13.1. The number of aryl methyl sites for hydroxylation is 1. The highest BCUT2D eigenvalue weighted by atomic mass is 16.4. The molecule has 0 saturated heterocycles. The first kappa shape index (κ1) is 17.1. The molecule has 1 aliphatic heterocycles. The lowest BCUT2D eigenvalue weighted by molar-refractivity contribution is 0.252. The molecule has 27 heavy (non-hydrogen) atoms. The summed E-state index contributed by atoms with van der Waals surface area (Å²) >= 11 is 0. The van der Waals surface area contributed by atoms with Crippen molar-refractivity contribution in [3.05, 3.63) is 60.5 Å². The zero-order valence-electron chi connectivity index (χ0n) is 14.9. The monoisotopic (exact) mass is 363 g/mol. The molecule has 0 radical (unpaired) electrons. The Morgan fingerprint density at radius 3 is 3.00 bits per heavy atom. The molecule has 7 nitrogen and oxygen atoms in total. The molecule has 1 aliphatic rings. The first-order valence-electron chi connectivity index (χ1n) is 9.04. The third kappa shape index (κ3) is 4.08. The minimum Gasteiger partial charge on any atom is -0.423 e. The summed E-state index contributed by atoms with van der Waals surface area (Å²) in [5.74, 6) is 0.419. The van der Waals surface area contributed by atoms with E-state index in [4.69, 9.17) is 4.42 Å². The zero-order chi connectivity index (χ0) is 18.5. The molecule has 0 atom stereocenters. The molecule has 0 fully saturated rings. The molecule has 2 heterocycles. The third-order valence-electron chi connectivity index (χ3n) is 4.60. The van der Waals surface area contributed by atoms with Crippen molar-refractivity contribution in [1.82, 2.24) is 15.5 Å². The fraction of sp³-hybridized carbons (Fsp3) is 0.250. The Morgan fingerprint density at radius 1 is 1.19 bits per heavy atom. The van der Waals surface area contributed by atoms with Gasteiger partial charge in [0, 0.05) is 36.6 Å². The number of para-hydroxylation sites is 1. The minimum absolute atomic E-state index is 0.233. The molecule has 2 N–H and O–H groups in total. The molecule has 4 rings (SSSR count). The van der Waals surface area contributed by atoms with Crippen LogP contribution in [-0.2, 0) is 6.42 Å². The van der Waals surface area contributed by atoms with Crippen molar-refractivity contribution in [2.75, 3.05) is 29.9 Å². The number of carbonyl (C=O) groups is 1. The quantitative estimate of drug-likeness (QED) is 0.727. The number of rotatable bonds is 5. The van der Waals surface area contributed by atoms with Gasteiger partial charge in [-0.2, -0.15) is 0 Å². The lowest BCUT2D eigenvalue weighted by atomic mass is 10.0. The Bertz CT molecular complexity index is 910. The van der Waals surface area contributed by atoms with Crippen LogP contribution < -0.4 is 15.5 Å². The number of hydrogen-bond donors (Lipinski definition) is 2. The van der Waals surface area contributed by atoms with Gasteiger partial charge in [0.25, 0.3) is 0 Å². The van der Waals surface area contributed by atoms with Gasteiger partial charge in [-0.05, 0) is 42.7 Å². The lowest BCUT2D eigenvalue weighted by Crippen LogP contribution is -2.39. The van der Waals surface area contributed by atoms with Crippen molar-refractivity contribution in [3.8, 4) is 11.5 Å². The summed E-state index contributed by atoms with van der Waals surface area (Å²) in [4.78, 5) is 14.5. The molecule has 0 aliphatic carbocycles. The molecule has 0 unspecified atom stereocenters. The maximum absolute atomic E-state index is 12.2. The highest BCUT2D eigenvalue weighted by molar-refractivity contribution is 5.89. The number of urea groups is 1. The van der Waals surface area contributed by atoms with Crippen molar-refractivity contribution >= 4 is 17.4 Å². The van der Waals surface area contributed by atoms with Crippen LogP contribution in [0.1, 0.15) is 12.0 Å². The van der Waals surface area contributed by atoms with Crippen molar-refractivity contribution in [1.29, 1.82) is 0 Å². The Hall–Kier alpha value is -3.35. The van der Waals surface area contributed by atoms with Crippen LogP contribution in [0.5, 0.6) is 0 Å². The molecular weight excluding hydrogens is 342 g/mol. The van der Waals surface area contributed by atoms with Gasteiger partial charge in [-0.15, -0.1) is 10.2 Å². The number of fused-ring (bicyclic) bond motifs is 1. The van der Waals surface area contributed by atoms with Gasteiger partial charge in [-0.1, -0.05) is 24.3 Å². The Balaban J connectivity index is 1.30. The largest absolute Gasteiger partial charge is 0.423 e. The number of aromatic nitrogens is 2. The standard InChI is InChI=1S/C20H21N5O2/c26-20(23-17-8-3-6-16(13-17)19-24-22-14-27-19)21-10-12-25-11-4-7-15-5-1-2-9-18(15)25/h1-3,5-6,8-9,13-14H,4,7,10-12H2,(H2,21,23,26). The van der Waals surface area contributed by atoms with Crippen LogP contribution in [0.25, 0.3) is 11.5 Å². The van der Waals surface area contributed by atoms with E-state index in [1.807, 2.05) is 18.2 Å². The molecule has 1 aromatic heterocycles. The number of nitrogens with one attached hydrogen (secondary N) is 2. The van der Waals surface area contributed by atoms with Crippen LogP contribution in [-0.4, -0.2) is 35.9 Å². The average molecular weight is 363 g/mol. The number of hydrogen-bond acceptors (Lipinski definition) is 5. The molecule has 7 heteroatoms. The Labute approximate surface area is 157 Å². The van der Waals surface area contributed by atoms with Gasteiger partial charge in [0.1, 0.15) is 0 Å². The Kier molecular flexibility index (Phi) is 5.00. The first-order chi connectivity index (χ1) is 13.3. The van der Waals surface area contributed by atoms with E-state index in [9.17, 15) is 4.79 Å². The summed E-state index contributed by atoms with van der Waals surface area (Å²) in [6.07, 6.45) is 3.55. The molecule has 2 amide bonds. The molecule has 2 aromatic carbocycles. The van der Waals surface area contributed by atoms with Crippen LogP contribution in [0.15, 0.2) is 59.3 Å². The van der Waals surface area contributed by atoms with Crippen LogP contribution >= 0.6 is 0 Å². The second-order valence-electron chi connectivity index (χ2n) is 6.42. The van der Waals surface area contributed by atoms with Crippen LogP contribution in [0.4, 0.5) is 16.2 Å². The number of anilines is 2. The van der Waals surface area contributed by atoms with Gasteiger partial charge in [0.2, 0.25) is 12.3 Å². The van der Waals surface area contributed by atoms with E-state index >= 15 is 0 Å². The maximum atomic E-state index is 12.2. The highest BCUT2D eigenvalue weighted by Gasteiger charge is 2.15. The predicted molar refractivity (Wildman–Crippen MR) is 104 cm³/mol. The number of benzene rings is 2. The van der Waals surface area contributed by atoms with E-state index in [2.05, 4.69) is 50.0 Å². The van der Waals surface area contributed by atoms with Gasteiger partial charge in [0.15, 0.2) is 0 Å². The van der Waals surface area contributed by atoms with Gasteiger partial charge in [0.05, 0.1) is 0 Å². The smallest absolute Gasteiger partial charge is 0.319 e. The van der Waals surface area contributed by atoms with E-state index in [0.29, 0.717) is 18.1 Å². The van der Waals surface area contributed by atoms with Crippen molar-refractivity contribution in [2.24, 2.45) is 0 Å². The van der Waals surface area contributed by atoms with E-state index in [1.165, 1.54) is 17.6 Å². The number of nitrogens with zero attached hydrogens (tertiary/aromatic N) is 3. The summed E-state index contributed by atoms with van der Waals surface area (Å²) < 4.78 is 5.18. The van der Waals surface area contributed by atoms with Crippen LogP contribution in [0, 0.1) is 0 Å².